The molecule has 3 atom stereocenters. The molecular weight excluding hydrogens is 389 g/mol. The Labute approximate surface area is 164 Å². The van der Waals surface area contributed by atoms with Crippen molar-refractivity contribution in [1.29, 1.82) is 0 Å². The number of aliphatic hydroxyl groups excluding tert-OH is 1. The molecular formula is C18H28FN3O5S. The van der Waals surface area contributed by atoms with Crippen LogP contribution < -0.4 is 15.4 Å². The van der Waals surface area contributed by atoms with Gasteiger partial charge in [0.1, 0.15) is 11.9 Å². The van der Waals surface area contributed by atoms with E-state index in [0.717, 1.165) is 12.1 Å². The number of carbonyl (C=O) groups excluding carboxylic acids is 1. The van der Waals surface area contributed by atoms with Crippen LogP contribution in [0.1, 0.15) is 33.1 Å². The van der Waals surface area contributed by atoms with Crippen LogP contribution in [0.25, 0.3) is 0 Å². The first kappa shape index (κ1) is 22.5. The van der Waals surface area contributed by atoms with Crippen LogP contribution in [0.5, 0.6) is 0 Å². The molecule has 0 unspecified atom stereocenters. The summed E-state index contributed by atoms with van der Waals surface area (Å²) in [5.41, 5.74) is 0. The highest BCUT2D eigenvalue weighted by Gasteiger charge is 2.32. The van der Waals surface area contributed by atoms with Crippen LogP contribution >= 0.6 is 0 Å². The lowest BCUT2D eigenvalue weighted by atomic mass is 9.97. The molecule has 0 radical (unpaired) electrons. The van der Waals surface area contributed by atoms with E-state index in [0.29, 0.717) is 19.3 Å². The topological polar surface area (TPSA) is 117 Å². The second-order valence-corrected chi connectivity index (χ2v) is 8.84. The van der Waals surface area contributed by atoms with Crippen molar-refractivity contribution in [2.24, 2.45) is 0 Å². The number of amides is 2. The minimum Gasteiger partial charge on any atom is -0.394 e. The van der Waals surface area contributed by atoms with E-state index in [-0.39, 0.29) is 42.3 Å². The maximum absolute atomic E-state index is 12.9. The van der Waals surface area contributed by atoms with Crippen molar-refractivity contribution in [3.05, 3.63) is 30.1 Å². The van der Waals surface area contributed by atoms with Crippen molar-refractivity contribution in [2.75, 3.05) is 13.2 Å². The fourth-order valence-corrected chi connectivity index (χ4v) is 4.08. The Morgan fingerprint density at radius 3 is 2.57 bits per heavy atom. The second-order valence-electron chi connectivity index (χ2n) is 7.08. The lowest BCUT2D eigenvalue weighted by molar-refractivity contribution is -0.0886. The van der Waals surface area contributed by atoms with Gasteiger partial charge in [-0.05, 0) is 57.4 Å². The van der Waals surface area contributed by atoms with E-state index in [9.17, 15) is 22.7 Å². The van der Waals surface area contributed by atoms with Crippen molar-refractivity contribution in [1.82, 2.24) is 15.4 Å². The fourth-order valence-electron chi connectivity index (χ4n) is 3.03. The molecule has 1 saturated heterocycles. The summed E-state index contributed by atoms with van der Waals surface area (Å²) >= 11 is 0. The predicted molar refractivity (Wildman–Crippen MR) is 102 cm³/mol. The molecule has 2 amide bonds. The van der Waals surface area contributed by atoms with Crippen LogP contribution in [-0.4, -0.2) is 57.0 Å². The van der Waals surface area contributed by atoms with Crippen molar-refractivity contribution in [3.63, 3.8) is 0 Å². The molecule has 0 spiro atoms. The molecule has 1 aromatic rings. The van der Waals surface area contributed by atoms with Gasteiger partial charge in [0, 0.05) is 12.6 Å². The highest BCUT2D eigenvalue weighted by Crippen LogP contribution is 2.22. The zero-order valence-electron chi connectivity index (χ0n) is 16.0. The van der Waals surface area contributed by atoms with E-state index < -0.39 is 21.9 Å². The molecule has 2 rings (SSSR count). The molecule has 1 aromatic carbocycles. The average Bonchev–Trinajstić information content (AvgIpc) is 2.62. The summed E-state index contributed by atoms with van der Waals surface area (Å²) in [5, 5.41) is 15.1. The van der Waals surface area contributed by atoms with Crippen LogP contribution in [0, 0.1) is 5.82 Å². The van der Waals surface area contributed by atoms with Gasteiger partial charge in [0.25, 0.3) is 0 Å². The summed E-state index contributed by atoms with van der Waals surface area (Å²) in [5.74, 6) is -0.505. The van der Waals surface area contributed by atoms with Gasteiger partial charge in [-0.15, -0.1) is 0 Å². The molecule has 1 fully saturated rings. The lowest BCUT2D eigenvalue weighted by Gasteiger charge is -2.36. The fraction of sp³-hybridized carbons (Fsp3) is 0.611. The Kier molecular flexibility index (Phi) is 8.17. The van der Waals surface area contributed by atoms with E-state index in [4.69, 9.17) is 4.74 Å². The van der Waals surface area contributed by atoms with E-state index in [2.05, 4.69) is 15.4 Å². The number of halogens is 1. The minimum atomic E-state index is -3.72. The summed E-state index contributed by atoms with van der Waals surface area (Å²) in [6, 6.07) is 3.97. The Bertz CT molecular complexity index is 742. The monoisotopic (exact) mass is 417 g/mol. The SMILES string of the molecule is CC(C)NC(=O)N[C@H]1CC[C@H](CCNS(=O)(=O)c2ccc(F)cc2)O[C@H]1CO. The van der Waals surface area contributed by atoms with Gasteiger partial charge in [-0.3, -0.25) is 0 Å². The van der Waals surface area contributed by atoms with E-state index >= 15 is 0 Å². The van der Waals surface area contributed by atoms with Gasteiger partial charge < -0.3 is 20.5 Å². The Morgan fingerprint density at radius 1 is 1.29 bits per heavy atom. The number of rotatable bonds is 8. The maximum atomic E-state index is 12.9. The number of urea groups is 1. The molecule has 4 N–H and O–H groups in total. The third-order valence-electron chi connectivity index (χ3n) is 4.41. The number of nitrogens with one attached hydrogen (secondary N) is 3. The number of aliphatic hydroxyl groups is 1. The Balaban J connectivity index is 1.81. The number of hydrogen-bond acceptors (Lipinski definition) is 5. The van der Waals surface area contributed by atoms with E-state index in [1.54, 1.807) is 0 Å². The number of ether oxygens (including phenoxy) is 1. The standard InChI is InChI=1S/C18H28FN3O5S/c1-12(2)21-18(24)22-16-8-5-14(27-17(16)11-23)9-10-20-28(25,26)15-6-3-13(19)4-7-15/h3-4,6-7,12,14,16-17,20,23H,5,8-11H2,1-2H3,(H2,21,22,24)/t14-,16+,17+/m1/s1. The van der Waals surface area contributed by atoms with Gasteiger partial charge in [0.15, 0.2) is 0 Å². The largest absolute Gasteiger partial charge is 0.394 e. The van der Waals surface area contributed by atoms with Crippen LogP contribution in [0.15, 0.2) is 29.2 Å². The molecule has 0 aromatic heterocycles. The summed E-state index contributed by atoms with van der Waals surface area (Å²) in [4.78, 5) is 11.8. The quantitative estimate of drug-likeness (QED) is 0.506. The molecule has 28 heavy (non-hydrogen) atoms. The highest BCUT2D eigenvalue weighted by atomic mass is 32.2. The highest BCUT2D eigenvalue weighted by molar-refractivity contribution is 7.89. The van der Waals surface area contributed by atoms with Crippen molar-refractivity contribution in [3.8, 4) is 0 Å². The zero-order chi connectivity index (χ0) is 20.7. The van der Waals surface area contributed by atoms with Crippen LogP contribution in [0.3, 0.4) is 0 Å². The molecule has 0 bridgehead atoms. The molecule has 1 aliphatic rings. The van der Waals surface area contributed by atoms with Crippen molar-refractivity contribution < 1.29 is 27.4 Å². The van der Waals surface area contributed by atoms with Gasteiger partial charge >= 0.3 is 6.03 Å². The van der Waals surface area contributed by atoms with Crippen LogP contribution in [0.4, 0.5) is 9.18 Å². The zero-order valence-corrected chi connectivity index (χ0v) is 16.8. The second kappa shape index (κ2) is 10.1. The molecule has 1 heterocycles. The minimum absolute atomic E-state index is 0.000959. The van der Waals surface area contributed by atoms with Gasteiger partial charge in [-0.25, -0.2) is 22.3 Å². The van der Waals surface area contributed by atoms with Crippen molar-refractivity contribution in [2.45, 2.75) is 62.3 Å². The Hall–Kier alpha value is -1.75. The molecule has 0 aliphatic carbocycles. The van der Waals surface area contributed by atoms with Gasteiger partial charge in [0.2, 0.25) is 10.0 Å². The molecule has 10 heteroatoms. The summed E-state index contributed by atoms with van der Waals surface area (Å²) in [6.07, 6.45) is 0.875. The summed E-state index contributed by atoms with van der Waals surface area (Å²) < 4.78 is 45.6. The maximum Gasteiger partial charge on any atom is 0.315 e. The van der Waals surface area contributed by atoms with Gasteiger partial charge in [0.05, 0.1) is 23.6 Å². The number of benzene rings is 1. The normalized spacial score (nSPS) is 22.8. The number of carbonyl (C=O) groups is 1. The first-order chi connectivity index (χ1) is 13.2. The predicted octanol–water partition coefficient (Wildman–Crippen LogP) is 1.11. The van der Waals surface area contributed by atoms with Gasteiger partial charge in [-0.1, -0.05) is 0 Å². The third-order valence-corrected chi connectivity index (χ3v) is 5.89. The first-order valence-electron chi connectivity index (χ1n) is 9.30. The Morgan fingerprint density at radius 2 is 1.96 bits per heavy atom. The lowest BCUT2D eigenvalue weighted by Crippen LogP contribution is -2.54. The average molecular weight is 418 g/mol. The molecule has 8 nitrogen and oxygen atoms in total. The number of sulfonamides is 1. The van der Waals surface area contributed by atoms with E-state index in [1.165, 1.54) is 12.1 Å². The van der Waals surface area contributed by atoms with Gasteiger partial charge in [-0.2, -0.15) is 0 Å². The van der Waals surface area contributed by atoms with Crippen molar-refractivity contribution >= 4 is 16.1 Å². The van der Waals surface area contributed by atoms with Crippen LogP contribution in [-0.2, 0) is 14.8 Å². The third kappa shape index (κ3) is 6.69. The summed E-state index contributed by atoms with van der Waals surface area (Å²) in [6.45, 7) is 3.60. The van der Waals surface area contributed by atoms with Crippen LogP contribution in [0.2, 0.25) is 0 Å². The number of hydrogen-bond donors (Lipinski definition) is 4. The first-order valence-corrected chi connectivity index (χ1v) is 10.8. The smallest absolute Gasteiger partial charge is 0.315 e. The summed E-state index contributed by atoms with van der Waals surface area (Å²) in [7, 11) is -3.72. The molecule has 0 saturated carbocycles. The van der Waals surface area contributed by atoms with E-state index in [1.807, 2.05) is 13.8 Å². The molecule has 158 valence electrons. The molecule has 1 aliphatic heterocycles.